The molecule has 0 spiro atoms. The van der Waals surface area contributed by atoms with E-state index in [-0.39, 0.29) is 5.91 Å². The van der Waals surface area contributed by atoms with Crippen LogP contribution in [0.15, 0.2) is 18.5 Å². The highest BCUT2D eigenvalue weighted by atomic mass is 35.5. The third kappa shape index (κ3) is 3.52. The van der Waals surface area contributed by atoms with E-state index in [2.05, 4.69) is 35.5 Å². The van der Waals surface area contributed by atoms with Crippen LogP contribution in [-0.4, -0.2) is 39.3 Å². The van der Waals surface area contributed by atoms with Gasteiger partial charge < -0.3 is 9.47 Å². The van der Waals surface area contributed by atoms with Crippen molar-refractivity contribution in [3.05, 3.63) is 29.6 Å². The summed E-state index contributed by atoms with van der Waals surface area (Å²) in [7, 11) is 0. The van der Waals surface area contributed by atoms with Gasteiger partial charge in [-0.05, 0) is 55.9 Å². The number of alkyl halides is 1. The van der Waals surface area contributed by atoms with Crippen molar-refractivity contribution >= 4 is 28.5 Å². The second kappa shape index (κ2) is 6.91. The Balaban J connectivity index is 1.65. The molecule has 1 fully saturated rings. The van der Waals surface area contributed by atoms with Gasteiger partial charge in [-0.2, -0.15) is 0 Å². The van der Waals surface area contributed by atoms with E-state index in [1.807, 2.05) is 11.2 Å². The lowest BCUT2D eigenvalue weighted by molar-refractivity contribution is -0.132. The maximum Gasteiger partial charge on any atom is 0.223 e. The minimum absolute atomic E-state index is 0.192. The summed E-state index contributed by atoms with van der Waals surface area (Å²) in [4.78, 5) is 18.4. The summed E-state index contributed by atoms with van der Waals surface area (Å²) < 4.78 is 2.27. The SMILES string of the molecule is Cc1cc2ncn(CC3CCN(C(=O)CCCl)CC3)c2cc1C. The van der Waals surface area contributed by atoms with Crippen LogP contribution in [-0.2, 0) is 11.3 Å². The zero-order chi connectivity index (χ0) is 16.4. The van der Waals surface area contributed by atoms with Gasteiger partial charge in [0, 0.05) is 31.9 Å². The van der Waals surface area contributed by atoms with Crippen LogP contribution >= 0.6 is 11.6 Å². The van der Waals surface area contributed by atoms with Crippen molar-refractivity contribution in [2.45, 2.75) is 39.7 Å². The second-order valence-electron chi connectivity index (χ2n) is 6.59. The molecule has 1 aromatic carbocycles. The highest BCUT2D eigenvalue weighted by molar-refractivity contribution is 6.18. The Bertz CT molecular complexity index is 702. The fraction of sp³-hybridized carbons (Fsp3) is 0.556. The number of fused-ring (bicyclic) bond motifs is 1. The van der Waals surface area contributed by atoms with Gasteiger partial charge >= 0.3 is 0 Å². The van der Waals surface area contributed by atoms with Gasteiger partial charge in [0.05, 0.1) is 17.4 Å². The van der Waals surface area contributed by atoms with Gasteiger partial charge in [0.1, 0.15) is 0 Å². The van der Waals surface area contributed by atoms with Crippen molar-refractivity contribution in [2.75, 3.05) is 19.0 Å². The molecule has 4 nitrogen and oxygen atoms in total. The van der Waals surface area contributed by atoms with E-state index in [1.54, 1.807) is 0 Å². The quantitative estimate of drug-likeness (QED) is 0.803. The number of amides is 1. The Morgan fingerprint density at radius 3 is 2.65 bits per heavy atom. The van der Waals surface area contributed by atoms with Crippen molar-refractivity contribution in [3.63, 3.8) is 0 Å². The zero-order valence-electron chi connectivity index (χ0n) is 13.9. The number of hydrogen-bond acceptors (Lipinski definition) is 2. The van der Waals surface area contributed by atoms with Gasteiger partial charge in [-0.15, -0.1) is 11.6 Å². The number of likely N-dealkylation sites (tertiary alicyclic amines) is 1. The number of carbonyl (C=O) groups is 1. The molecule has 0 saturated carbocycles. The minimum atomic E-state index is 0.192. The van der Waals surface area contributed by atoms with Gasteiger partial charge in [0.25, 0.3) is 0 Å². The Labute approximate surface area is 142 Å². The number of benzene rings is 1. The van der Waals surface area contributed by atoms with E-state index in [1.165, 1.54) is 16.6 Å². The molecular weight excluding hydrogens is 310 g/mol. The van der Waals surface area contributed by atoms with E-state index in [0.717, 1.165) is 38.0 Å². The maximum absolute atomic E-state index is 11.9. The van der Waals surface area contributed by atoms with Crippen LogP contribution in [0.1, 0.15) is 30.4 Å². The molecule has 2 aromatic rings. The lowest BCUT2D eigenvalue weighted by Gasteiger charge is -2.32. The third-order valence-electron chi connectivity index (χ3n) is 4.97. The van der Waals surface area contributed by atoms with Crippen LogP contribution < -0.4 is 0 Å². The number of aryl methyl sites for hydroxylation is 2. The van der Waals surface area contributed by atoms with Gasteiger partial charge in [-0.3, -0.25) is 4.79 Å². The predicted octanol–water partition coefficient (Wildman–Crippen LogP) is 3.52. The third-order valence-corrected chi connectivity index (χ3v) is 5.16. The summed E-state index contributed by atoms with van der Waals surface area (Å²) in [6.45, 7) is 6.96. The van der Waals surface area contributed by atoms with Gasteiger partial charge in [0.2, 0.25) is 5.91 Å². The first-order valence-electron chi connectivity index (χ1n) is 8.34. The summed E-state index contributed by atoms with van der Waals surface area (Å²) in [6, 6.07) is 4.39. The smallest absolute Gasteiger partial charge is 0.223 e. The number of hydrogen-bond donors (Lipinski definition) is 0. The summed E-state index contributed by atoms with van der Waals surface area (Å²) in [5.74, 6) is 1.21. The fourth-order valence-electron chi connectivity index (χ4n) is 3.34. The van der Waals surface area contributed by atoms with Crippen molar-refractivity contribution in [3.8, 4) is 0 Å². The van der Waals surface area contributed by atoms with Crippen molar-refractivity contribution < 1.29 is 4.79 Å². The van der Waals surface area contributed by atoms with Gasteiger partial charge in [0.15, 0.2) is 0 Å². The average molecular weight is 334 g/mol. The van der Waals surface area contributed by atoms with Crippen LogP contribution in [0.4, 0.5) is 0 Å². The number of piperidine rings is 1. The van der Waals surface area contributed by atoms with Crippen molar-refractivity contribution in [1.82, 2.24) is 14.5 Å². The van der Waals surface area contributed by atoms with Crippen LogP contribution in [0.2, 0.25) is 0 Å². The first-order valence-corrected chi connectivity index (χ1v) is 8.87. The van der Waals surface area contributed by atoms with E-state index in [9.17, 15) is 4.79 Å². The Kier molecular flexibility index (Phi) is 4.90. The molecule has 5 heteroatoms. The molecule has 0 bridgehead atoms. The Morgan fingerprint density at radius 2 is 1.96 bits per heavy atom. The van der Waals surface area contributed by atoms with Gasteiger partial charge in [-0.25, -0.2) is 4.98 Å². The molecule has 0 radical (unpaired) electrons. The zero-order valence-corrected chi connectivity index (χ0v) is 14.6. The Hall–Kier alpha value is -1.55. The molecule has 1 amide bonds. The summed E-state index contributed by atoms with van der Waals surface area (Å²) in [6.07, 6.45) is 4.52. The van der Waals surface area contributed by atoms with Crippen LogP contribution in [0.25, 0.3) is 11.0 Å². The maximum atomic E-state index is 11.9. The molecule has 0 N–H and O–H groups in total. The lowest BCUT2D eigenvalue weighted by Crippen LogP contribution is -2.39. The molecule has 0 aliphatic carbocycles. The molecule has 124 valence electrons. The minimum Gasteiger partial charge on any atom is -0.343 e. The molecule has 1 aliphatic rings. The van der Waals surface area contributed by atoms with Crippen LogP contribution in [0, 0.1) is 19.8 Å². The molecule has 2 heterocycles. The first kappa shape index (κ1) is 16.3. The highest BCUT2D eigenvalue weighted by Crippen LogP contribution is 2.23. The Morgan fingerprint density at radius 1 is 1.26 bits per heavy atom. The number of rotatable bonds is 4. The summed E-state index contributed by atoms with van der Waals surface area (Å²) in [5.41, 5.74) is 4.88. The molecule has 0 atom stereocenters. The normalized spacial score (nSPS) is 16.2. The van der Waals surface area contributed by atoms with Crippen molar-refractivity contribution in [2.24, 2.45) is 5.92 Å². The lowest BCUT2D eigenvalue weighted by atomic mass is 9.96. The standard InChI is InChI=1S/C18H24ClN3O/c1-13-9-16-17(10-14(13)2)22(12-20-16)11-15-4-7-21(8-5-15)18(23)3-6-19/h9-10,12,15H,3-8,11H2,1-2H3. The predicted molar refractivity (Wildman–Crippen MR) is 93.8 cm³/mol. The molecule has 3 rings (SSSR count). The molecule has 1 aliphatic heterocycles. The van der Waals surface area contributed by atoms with Crippen molar-refractivity contribution in [1.29, 1.82) is 0 Å². The number of imidazole rings is 1. The fourth-order valence-corrected chi connectivity index (χ4v) is 3.50. The van der Waals surface area contributed by atoms with E-state index < -0.39 is 0 Å². The average Bonchev–Trinajstić information content (AvgIpc) is 2.91. The second-order valence-corrected chi connectivity index (χ2v) is 6.96. The molecule has 1 aromatic heterocycles. The molecule has 23 heavy (non-hydrogen) atoms. The monoisotopic (exact) mass is 333 g/mol. The topological polar surface area (TPSA) is 38.1 Å². The molecule has 0 unspecified atom stereocenters. The van der Waals surface area contributed by atoms with E-state index in [4.69, 9.17) is 11.6 Å². The van der Waals surface area contributed by atoms with E-state index in [0.29, 0.717) is 18.2 Å². The number of aromatic nitrogens is 2. The summed E-state index contributed by atoms with van der Waals surface area (Å²) >= 11 is 5.66. The number of nitrogens with zero attached hydrogens (tertiary/aromatic N) is 3. The summed E-state index contributed by atoms with van der Waals surface area (Å²) in [5, 5.41) is 0. The highest BCUT2D eigenvalue weighted by Gasteiger charge is 2.23. The first-order chi connectivity index (χ1) is 11.1. The number of carbonyl (C=O) groups excluding carboxylic acids is 1. The van der Waals surface area contributed by atoms with E-state index >= 15 is 0 Å². The van der Waals surface area contributed by atoms with Crippen LogP contribution in [0.3, 0.4) is 0 Å². The number of halogens is 1. The van der Waals surface area contributed by atoms with Crippen LogP contribution in [0.5, 0.6) is 0 Å². The molecular formula is C18H24ClN3O. The molecule has 1 saturated heterocycles. The largest absolute Gasteiger partial charge is 0.343 e. The van der Waals surface area contributed by atoms with Gasteiger partial charge in [-0.1, -0.05) is 0 Å².